The third-order valence-corrected chi connectivity index (χ3v) is 10.1. The Kier molecular flexibility index (Phi) is 9.01. The van der Waals surface area contributed by atoms with Gasteiger partial charge in [0, 0.05) is 50.8 Å². The molecule has 0 spiro atoms. The van der Waals surface area contributed by atoms with Gasteiger partial charge in [-0.3, -0.25) is 10.0 Å². The van der Waals surface area contributed by atoms with Gasteiger partial charge in [-0.05, 0) is 42.9 Å². The van der Waals surface area contributed by atoms with Crippen LogP contribution < -0.4 is 10.2 Å². The average molecular weight is 550 g/mol. The lowest BCUT2D eigenvalue weighted by molar-refractivity contribution is -0.134. The molecule has 0 radical (unpaired) electrons. The number of amides is 1. The molecule has 3 heterocycles. The van der Waals surface area contributed by atoms with Gasteiger partial charge in [0.05, 0.1) is 12.3 Å². The molecule has 0 aliphatic carbocycles. The zero-order valence-electron chi connectivity index (χ0n) is 21.4. The standard InChI is InChI=1S/C26H35N3O8S/c1-18-15-20(5-6-22(18)23-3-2-4-24(27-23)37-17-21(31)16-30)19-7-11-29(12-8-19)38(34,35)26(25(32)28-33)9-13-36-14-10-26/h2-6,15,19,21,30-31,33H,7-14,16-17H2,1H3,(H,28,32)/t21-/m1/s1. The van der Waals surface area contributed by atoms with Gasteiger partial charge in [0.2, 0.25) is 15.9 Å². The zero-order valence-corrected chi connectivity index (χ0v) is 22.2. The van der Waals surface area contributed by atoms with E-state index in [1.807, 2.05) is 31.2 Å². The predicted molar refractivity (Wildman–Crippen MR) is 138 cm³/mol. The van der Waals surface area contributed by atoms with Crippen LogP contribution in [0.3, 0.4) is 0 Å². The maximum absolute atomic E-state index is 13.5. The fraction of sp³-hybridized carbons (Fsp3) is 0.538. The van der Waals surface area contributed by atoms with Crippen molar-refractivity contribution < 1.29 is 38.1 Å². The summed E-state index contributed by atoms with van der Waals surface area (Å²) in [7, 11) is -4.00. The number of carbonyl (C=O) groups excluding carboxylic acids is 1. The summed E-state index contributed by atoms with van der Waals surface area (Å²) < 4.78 is 37.5. The zero-order chi connectivity index (χ0) is 27.3. The number of ether oxygens (including phenoxy) is 2. The molecule has 2 aliphatic heterocycles. The summed E-state index contributed by atoms with van der Waals surface area (Å²) in [6.07, 6.45) is 0.256. The van der Waals surface area contributed by atoms with E-state index in [0.29, 0.717) is 18.7 Å². The molecule has 12 heteroatoms. The molecule has 1 aromatic heterocycles. The van der Waals surface area contributed by atoms with Crippen molar-refractivity contribution in [2.24, 2.45) is 0 Å². The second-order valence-electron chi connectivity index (χ2n) is 9.81. The molecule has 2 aromatic rings. The van der Waals surface area contributed by atoms with Crippen LogP contribution in [0.1, 0.15) is 42.7 Å². The first kappa shape index (κ1) is 28.4. The largest absolute Gasteiger partial charge is 0.475 e. The molecule has 2 aliphatic rings. The van der Waals surface area contributed by atoms with Gasteiger partial charge in [-0.2, -0.15) is 0 Å². The van der Waals surface area contributed by atoms with Crippen LogP contribution in [-0.4, -0.2) is 89.4 Å². The summed E-state index contributed by atoms with van der Waals surface area (Å²) in [5, 5.41) is 27.7. The first-order chi connectivity index (χ1) is 18.2. The van der Waals surface area contributed by atoms with Crippen LogP contribution in [0.15, 0.2) is 36.4 Å². The first-order valence-corrected chi connectivity index (χ1v) is 14.2. The highest BCUT2D eigenvalue weighted by atomic mass is 32.2. The van der Waals surface area contributed by atoms with Crippen LogP contribution in [0, 0.1) is 6.92 Å². The maximum Gasteiger partial charge on any atom is 0.266 e. The molecule has 2 saturated heterocycles. The lowest BCUT2D eigenvalue weighted by Gasteiger charge is -2.40. The number of hydrogen-bond acceptors (Lipinski definition) is 9. The average Bonchev–Trinajstić information content (AvgIpc) is 2.95. The molecule has 0 bridgehead atoms. The predicted octanol–water partition coefficient (Wildman–Crippen LogP) is 1.35. The van der Waals surface area contributed by atoms with E-state index in [9.17, 15) is 23.5 Å². The Labute approximate surface area is 222 Å². The number of rotatable bonds is 9. The van der Waals surface area contributed by atoms with E-state index in [2.05, 4.69) is 11.1 Å². The van der Waals surface area contributed by atoms with Gasteiger partial charge < -0.3 is 19.7 Å². The van der Waals surface area contributed by atoms with Crippen molar-refractivity contribution in [3.05, 3.63) is 47.5 Å². The maximum atomic E-state index is 13.5. The first-order valence-electron chi connectivity index (χ1n) is 12.7. The molecule has 0 saturated carbocycles. The van der Waals surface area contributed by atoms with Crippen molar-refractivity contribution >= 4 is 15.9 Å². The molecule has 11 nitrogen and oxygen atoms in total. The Morgan fingerprint density at radius 1 is 1.24 bits per heavy atom. The van der Waals surface area contributed by atoms with Crippen LogP contribution in [-0.2, 0) is 19.6 Å². The normalized spacial score (nSPS) is 19.6. The number of hydroxylamine groups is 1. The second kappa shape index (κ2) is 12.1. The number of nitrogens with one attached hydrogen (secondary N) is 1. The molecule has 38 heavy (non-hydrogen) atoms. The molecule has 4 rings (SSSR count). The second-order valence-corrected chi connectivity index (χ2v) is 12.1. The molecule has 1 amide bonds. The van der Waals surface area contributed by atoms with Gasteiger partial charge in [-0.25, -0.2) is 23.2 Å². The third kappa shape index (κ3) is 5.70. The highest BCUT2D eigenvalue weighted by Crippen LogP contribution is 2.37. The number of piperidine rings is 1. The minimum atomic E-state index is -4.00. The fourth-order valence-electron chi connectivity index (χ4n) is 5.19. The number of benzene rings is 1. The lowest BCUT2D eigenvalue weighted by atomic mass is 9.88. The summed E-state index contributed by atoms with van der Waals surface area (Å²) >= 11 is 0. The van der Waals surface area contributed by atoms with Crippen LogP contribution in [0.5, 0.6) is 5.88 Å². The van der Waals surface area contributed by atoms with Gasteiger partial charge in [0.25, 0.3) is 5.91 Å². The molecule has 208 valence electrons. The molecule has 2 fully saturated rings. The summed E-state index contributed by atoms with van der Waals surface area (Å²) in [5.41, 5.74) is 5.33. The monoisotopic (exact) mass is 549 g/mol. The Bertz CT molecular complexity index is 1220. The van der Waals surface area contributed by atoms with Crippen molar-refractivity contribution in [1.29, 1.82) is 0 Å². The van der Waals surface area contributed by atoms with E-state index in [4.69, 9.17) is 14.6 Å². The van der Waals surface area contributed by atoms with Gasteiger partial charge in [0.15, 0.2) is 4.75 Å². The number of aliphatic hydroxyl groups is 2. The summed E-state index contributed by atoms with van der Waals surface area (Å²) in [6.45, 7) is 2.40. The smallest absolute Gasteiger partial charge is 0.266 e. The van der Waals surface area contributed by atoms with Crippen molar-refractivity contribution in [2.45, 2.75) is 49.4 Å². The summed E-state index contributed by atoms with van der Waals surface area (Å²) in [4.78, 5) is 17.0. The molecule has 0 unspecified atom stereocenters. The highest BCUT2D eigenvalue weighted by Gasteiger charge is 2.54. The Hall–Kier alpha value is -2.61. The summed E-state index contributed by atoms with van der Waals surface area (Å²) in [5.74, 6) is -0.389. The van der Waals surface area contributed by atoms with E-state index in [1.54, 1.807) is 11.5 Å². The quantitative estimate of drug-likeness (QED) is 0.268. The molecule has 4 N–H and O–H groups in total. The van der Waals surface area contributed by atoms with Crippen molar-refractivity contribution in [3.8, 4) is 17.1 Å². The Morgan fingerprint density at radius 2 is 1.95 bits per heavy atom. The Morgan fingerprint density at radius 3 is 2.58 bits per heavy atom. The number of nitrogens with zero attached hydrogens (tertiary/aromatic N) is 2. The van der Waals surface area contributed by atoms with E-state index in [1.165, 1.54) is 4.31 Å². The van der Waals surface area contributed by atoms with E-state index in [0.717, 1.165) is 22.4 Å². The topological polar surface area (TPSA) is 159 Å². The molecular formula is C26H35N3O8S. The van der Waals surface area contributed by atoms with E-state index >= 15 is 0 Å². The number of aryl methyl sites for hydroxylation is 1. The van der Waals surface area contributed by atoms with Crippen LogP contribution in [0.4, 0.5) is 0 Å². The summed E-state index contributed by atoms with van der Waals surface area (Å²) in [6, 6.07) is 11.5. The minimum absolute atomic E-state index is 0.00457. The molecule has 1 atom stereocenters. The fourth-order valence-corrected chi connectivity index (χ4v) is 7.34. The number of carbonyl (C=O) groups is 1. The Balaban J connectivity index is 1.45. The van der Waals surface area contributed by atoms with Crippen LogP contribution in [0.25, 0.3) is 11.3 Å². The van der Waals surface area contributed by atoms with Gasteiger partial charge in [0.1, 0.15) is 12.7 Å². The molecular weight excluding hydrogens is 514 g/mol. The lowest BCUT2D eigenvalue weighted by Crippen LogP contribution is -2.60. The van der Waals surface area contributed by atoms with Gasteiger partial charge >= 0.3 is 0 Å². The highest BCUT2D eigenvalue weighted by molar-refractivity contribution is 7.91. The van der Waals surface area contributed by atoms with Crippen molar-refractivity contribution in [2.75, 3.05) is 39.5 Å². The number of sulfonamides is 1. The van der Waals surface area contributed by atoms with Crippen molar-refractivity contribution in [1.82, 2.24) is 14.8 Å². The third-order valence-electron chi connectivity index (χ3n) is 7.46. The minimum Gasteiger partial charge on any atom is -0.475 e. The number of aliphatic hydroxyl groups excluding tert-OH is 2. The SMILES string of the molecule is Cc1cc(C2CCN(S(=O)(=O)C3(C(=O)NO)CCOCC3)CC2)ccc1-c1cccc(OC[C@H](O)CO)n1. The number of pyridine rings is 1. The van der Waals surface area contributed by atoms with Gasteiger partial charge in [-0.1, -0.05) is 24.3 Å². The number of hydrogen-bond donors (Lipinski definition) is 4. The van der Waals surface area contributed by atoms with Crippen LogP contribution >= 0.6 is 0 Å². The van der Waals surface area contributed by atoms with Gasteiger partial charge in [-0.15, -0.1) is 0 Å². The number of aromatic nitrogens is 1. The van der Waals surface area contributed by atoms with Crippen molar-refractivity contribution in [3.63, 3.8) is 0 Å². The van der Waals surface area contributed by atoms with E-state index < -0.39 is 26.8 Å². The molecule has 1 aromatic carbocycles. The van der Waals surface area contributed by atoms with E-state index in [-0.39, 0.29) is 58.3 Å². The van der Waals surface area contributed by atoms with Crippen LogP contribution in [0.2, 0.25) is 0 Å².